The first kappa shape index (κ1) is 15.7. The van der Waals surface area contributed by atoms with Crippen LogP contribution in [0.15, 0.2) is 18.2 Å². The number of methoxy groups -OCH3 is 1. The highest BCUT2D eigenvalue weighted by Crippen LogP contribution is 2.25. The fourth-order valence-corrected chi connectivity index (χ4v) is 2.67. The van der Waals surface area contributed by atoms with Crippen molar-refractivity contribution < 1.29 is 14.4 Å². The zero-order chi connectivity index (χ0) is 15.2. The average molecular weight is 294 g/mol. The molecule has 0 spiro atoms. The van der Waals surface area contributed by atoms with Crippen LogP contribution < -0.4 is 10.1 Å². The molecule has 0 aliphatic carbocycles. The van der Waals surface area contributed by atoms with Gasteiger partial charge in [-0.3, -0.25) is 10.1 Å². The van der Waals surface area contributed by atoms with Gasteiger partial charge in [-0.25, -0.2) is 0 Å². The first-order valence-electron chi connectivity index (χ1n) is 7.24. The van der Waals surface area contributed by atoms with Crippen LogP contribution in [0, 0.1) is 16.0 Å². The number of nitro groups is 1. The van der Waals surface area contributed by atoms with Crippen molar-refractivity contribution in [3.05, 3.63) is 33.9 Å². The first-order valence-corrected chi connectivity index (χ1v) is 7.24. The van der Waals surface area contributed by atoms with Gasteiger partial charge >= 0.3 is 0 Å². The molecule has 1 unspecified atom stereocenters. The van der Waals surface area contributed by atoms with E-state index in [1.807, 2.05) is 0 Å². The third kappa shape index (κ3) is 4.15. The molecule has 0 amide bonds. The summed E-state index contributed by atoms with van der Waals surface area (Å²) in [7, 11) is 1.58. The lowest BCUT2D eigenvalue weighted by atomic mass is 9.93. The smallest absolute Gasteiger partial charge is 0.270 e. The summed E-state index contributed by atoms with van der Waals surface area (Å²) >= 11 is 0. The second-order valence-corrected chi connectivity index (χ2v) is 5.37. The monoisotopic (exact) mass is 294 g/mol. The van der Waals surface area contributed by atoms with E-state index >= 15 is 0 Å². The molecule has 1 heterocycles. The van der Waals surface area contributed by atoms with Crippen molar-refractivity contribution in [2.24, 2.45) is 5.92 Å². The lowest BCUT2D eigenvalue weighted by Crippen LogP contribution is -2.36. The molecule has 116 valence electrons. The largest absolute Gasteiger partial charge is 0.496 e. The molecule has 1 atom stereocenters. The van der Waals surface area contributed by atoms with Gasteiger partial charge in [-0.1, -0.05) is 0 Å². The van der Waals surface area contributed by atoms with Gasteiger partial charge in [0.25, 0.3) is 5.69 Å². The highest BCUT2D eigenvalue weighted by Gasteiger charge is 2.20. The topological polar surface area (TPSA) is 73.6 Å². The Morgan fingerprint density at radius 3 is 2.81 bits per heavy atom. The van der Waals surface area contributed by atoms with Gasteiger partial charge in [0.1, 0.15) is 5.75 Å². The Kier molecular flexibility index (Phi) is 5.52. The fraction of sp³-hybridized carbons (Fsp3) is 0.600. The molecule has 1 aliphatic rings. The molecule has 1 saturated heterocycles. The van der Waals surface area contributed by atoms with E-state index in [0.717, 1.165) is 31.6 Å². The van der Waals surface area contributed by atoms with Gasteiger partial charge in [0, 0.05) is 43.5 Å². The second-order valence-electron chi connectivity index (χ2n) is 5.37. The van der Waals surface area contributed by atoms with Gasteiger partial charge in [-0.15, -0.1) is 0 Å². The Morgan fingerprint density at radius 2 is 2.19 bits per heavy atom. The van der Waals surface area contributed by atoms with Crippen LogP contribution in [0.5, 0.6) is 5.75 Å². The van der Waals surface area contributed by atoms with Crippen LogP contribution in [0.25, 0.3) is 0 Å². The highest BCUT2D eigenvalue weighted by molar-refractivity contribution is 5.43. The van der Waals surface area contributed by atoms with Crippen LogP contribution in [0.4, 0.5) is 5.69 Å². The minimum atomic E-state index is -0.384. The normalized spacial score (nSPS) is 17.4. The van der Waals surface area contributed by atoms with Crippen molar-refractivity contribution in [3.63, 3.8) is 0 Å². The maximum Gasteiger partial charge on any atom is 0.270 e. The standard InChI is InChI=1S/C15H22N2O4/c1-11(12-5-7-21-8-6-12)16-10-13-9-14(17(18)19)3-4-15(13)20-2/h3-4,9,11-12,16H,5-8,10H2,1-2H3. The summed E-state index contributed by atoms with van der Waals surface area (Å²) in [6, 6.07) is 5.03. The van der Waals surface area contributed by atoms with E-state index in [1.165, 1.54) is 6.07 Å². The highest BCUT2D eigenvalue weighted by atomic mass is 16.6. The van der Waals surface area contributed by atoms with Gasteiger partial charge < -0.3 is 14.8 Å². The summed E-state index contributed by atoms with van der Waals surface area (Å²) in [5.41, 5.74) is 0.900. The van der Waals surface area contributed by atoms with Crippen molar-refractivity contribution in [2.75, 3.05) is 20.3 Å². The van der Waals surface area contributed by atoms with Crippen molar-refractivity contribution in [1.29, 1.82) is 0 Å². The van der Waals surface area contributed by atoms with E-state index in [0.29, 0.717) is 24.3 Å². The number of benzene rings is 1. The van der Waals surface area contributed by atoms with Crippen LogP contribution in [0.2, 0.25) is 0 Å². The number of ether oxygens (including phenoxy) is 2. The van der Waals surface area contributed by atoms with E-state index in [2.05, 4.69) is 12.2 Å². The van der Waals surface area contributed by atoms with Gasteiger partial charge in [0.2, 0.25) is 0 Å². The van der Waals surface area contributed by atoms with Crippen molar-refractivity contribution in [3.8, 4) is 5.75 Å². The Morgan fingerprint density at radius 1 is 1.48 bits per heavy atom. The molecular formula is C15H22N2O4. The summed E-state index contributed by atoms with van der Waals surface area (Å²) in [5, 5.41) is 14.3. The Balaban J connectivity index is 2.00. The van der Waals surface area contributed by atoms with Crippen LogP contribution in [-0.4, -0.2) is 31.3 Å². The average Bonchev–Trinajstić information content (AvgIpc) is 2.53. The number of nitro benzene ring substituents is 1. The SMILES string of the molecule is COc1ccc([N+](=O)[O-])cc1CNC(C)C1CCOCC1. The van der Waals surface area contributed by atoms with Crippen LogP contribution in [-0.2, 0) is 11.3 Å². The molecule has 1 aromatic rings. The number of nitrogens with zero attached hydrogens (tertiary/aromatic N) is 1. The Hall–Kier alpha value is -1.66. The zero-order valence-electron chi connectivity index (χ0n) is 12.5. The minimum Gasteiger partial charge on any atom is -0.496 e. The third-order valence-corrected chi connectivity index (χ3v) is 4.06. The van der Waals surface area contributed by atoms with E-state index in [-0.39, 0.29) is 10.6 Å². The zero-order valence-corrected chi connectivity index (χ0v) is 12.5. The van der Waals surface area contributed by atoms with Crippen LogP contribution in [0.3, 0.4) is 0 Å². The second kappa shape index (κ2) is 7.38. The van der Waals surface area contributed by atoms with Crippen LogP contribution >= 0.6 is 0 Å². The lowest BCUT2D eigenvalue weighted by Gasteiger charge is -2.28. The summed E-state index contributed by atoms with van der Waals surface area (Å²) in [5.74, 6) is 1.26. The van der Waals surface area contributed by atoms with Gasteiger partial charge in [0.15, 0.2) is 0 Å². The van der Waals surface area contributed by atoms with Gasteiger partial charge in [0.05, 0.1) is 12.0 Å². The third-order valence-electron chi connectivity index (χ3n) is 4.06. The molecule has 1 fully saturated rings. The van der Waals surface area contributed by atoms with E-state index in [9.17, 15) is 10.1 Å². The molecule has 2 rings (SSSR count). The molecular weight excluding hydrogens is 272 g/mol. The predicted molar refractivity (Wildman–Crippen MR) is 79.5 cm³/mol. The van der Waals surface area contributed by atoms with E-state index in [1.54, 1.807) is 19.2 Å². The molecule has 0 aromatic heterocycles. The molecule has 6 heteroatoms. The predicted octanol–water partition coefficient (Wildman–Crippen LogP) is 2.51. The van der Waals surface area contributed by atoms with E-state index in [4.69, 9.17) is 9.47 Å². The number of hydrogen-bond donors (Lipinski definition) is 1. The number of nitrogens with one attached hydrogen (secondary N) is 1. The van der Waals surface area contributed by atoms with Gasteiger partial charge in [-0.05, 0) is 31.7 Å². The lowest BCUT2D eigenvalue weighted by molar-refractivity contribution is -0.384. The van der Waals surface area contributed by atoms with Crippen molar-refractivity contribution >= 4 is 5.69 Å². The number of hydrogen-bond acceptors (Lipinski definition) is 5. The molecule has 0 saturated carbocycles. The summed E-state index contributed by atoms with van der Waals surface area (Å²) < 4.78 is 10.6. The summed E-state index contributed by atoms with van der Waals surface area (Å²) in [6.07, 6.45) is 2.11. The molecule has 1 aromatic carbocycles. The molecule has 21 heavy (non-hydrogen) atoms. The Bertz CT molecular complexity index is 487. The van der Waals surface area contributed by atoms with Gasteiger partial charge in [-0.2, -0.15) is 0 Å². The van der Waals surface area contributed by atoms with Crippen LogP contribution in [0.1, 0.15) is 25.3 Å². The van der Waals surface area contributed by atoms with Crippen molar-refractivity contribution in [2.45, 2.75) is 32.4 Å². The number of rotatable bonds is 6. The molecule has 0 bridgehead atoms. The molecule has 6 nitrogen and oxygen atoms in total. The number of non-ortho nitro benzene ring substituents is 1. The quantitative estimate of drug-likeness (QED) is 0.644. The minimum absolute atomic E-state index is 0.0892. The molecule has 1 N–H and O–H groups in total. The van der Waals surface area contributed by atoms with Crippen molar-refractivity contribution in [1.82, 2.24) is 5.32 Å². The molecule has 0 radical (unpaired) electrons. The van der Waals surface area contributed by atoms with E-state index < -0.39 is 0 Å². The fourth-order valence-electron chi connectivity index (χ4n) is 2.67. The summed E-state index contributed by atoms with van der Waals surface area (Å²) in [6.45, 7) is 4.34. The maximum absolute atomic E-state index is 10.9. The first-order chi connectivity index (χ1) is 10.1. The maximum atomic E-state index is 10.9. The Labute approximate surface area is 124 Å². The molecule has 1 aliphatic heterocycles. The summed E-state index contributed by atoms with van der Waals surface area (Å²) in [4.78, 5) is 10.5.